The van der Waals surface area contributed by atoms with Crippen molar-refractivity contribution in [2.75, 3.05) is 7.11 Å². The summed E-state index contributed by atoms with van der Waals surface area (Å²) in [6, 6.07) is 7.27. The summed E-state index contributed by atoms with van der Waals surface area (Å²) in [6.07, 6.45) is 0.860. The number of halogens is 1. The quantitative estimate of drug-likeness (QED) is 0.804. The number of rotatable bonds is 4. The highest BCUT2D eigenvalue weighted by Crippen LogP contribution is 2.19. The largest absolute Gasteiger partial charge is 0.481 e. The molecule has 0 amide bonds. The zero-order chi connectivity index (χ0) is 13.8. The van der Waals surface area contributed by atoms with E-state index >= 15 is 0 Å². The normalized spacial score (nSPS) is 10.8. The van der Waals surface area contributed by atoms with E-state index in [4.69, 9.17) is 16.3 Å². The fourth-order valence-corrected chi connectivity index (χ4v) is 1.96. The lowest BCUT2D eigenvalue weighted by molar-refractivity contribution is 0.398. The molecule has 0 aliphatic rings. The van der Waals surface area contributed by atoms with Gasteiger partial charge in [-0.1, -0.05) is 31.5 Å². The summed E-state index contributed by atoms with van der Waals surface area (Å²) in [7, 11) is 1.58. The molecule has 0 bridgehead atoms. The van der Waals surface area contributed by atoms with E-state index in [1.807, 2.05) is 12.1 Å². The Balaban J connectivity index is 2.40. The summed E-state index contributed by atoms with van der Waals surface area (Å²) in [5, 5.41) is 0.435. The number of methoxy groups -OCH3 is 1. The van der Waals surface area contributed by atoms with Crippen LogP contribution in [0.25, 0.3) is 11.5 Å². The van der Waals surface area contributed by atoms with Gasteiger partial charge in [-0.2, -0.15) is 0 Å². The number of nitrogens with zero attached hydrogens (tertiary/aromatic N) is 3. The van der Waals surface area contributed by atoms with Gasteiger partial charge in [-0.05, 0) is 24.5 Å². The molecule has 100 valence electrons. The van der Waals surface area contributed by atoms with Crippen molar-refractivity contribution in [2.45, 2.75) is 20.3 Å². The molecule has 19 heavy (non-hydrogen) atoms. The highest BCUT2D eigenvalue weighted by atomic mass is 35.5. The van der Waals surface area contributed by atoms with Crippen LogP contribution in [0.5, 0.6) is 5.88 Å². The second-order valence-electron chi connectivity index (χ2n) is 4.67. The van der Waals surface area contributed by atoms with Crippen LogP contribution in [0.3, 0.4) is 0 Å². The fourth-order valence-electron chi connectivity index (χ4n) is 1.75. The molecule has 0 radical (unpaired) electrons. The number of pyridine rings is 1. The van der Waals surface area contributed by atoms with Crippen molar-refractivity contribution in [1.82, 2.24) is 15.0 Å². The minimum atomic E-state index is 0.435. The Morgan fingerprint density at radius 1 is 1.21 bits per heavy atom. The van der Waals surface area contributed by atoms with E-state index in [-0.39, 0.29) is 0 Å². The lowest BCUT2D eigenvalue weighted by Crippen LogP contribution is -2.01. The van der Waals surface area contributed by atoms with Gasteiger partial charge in [0.15, 0.2) is 5.82 Å². The molecule has 5 heteroatoms. The minimum Gasteiger partial charge on any atom is -0.481 e. The molecule has 2 rings (SSSR count). The lowest BCUT2D eigenvalue weighted by atomic mass is 10.1. The van der Waals surface area contributed by atoms with Crippen LogP contribution in [0.2, 0.25) is 5.15 Å². The molecule has 0 unspecified atom stereocenters. The van der Waals surface area contributed by atoms with E-state index < -0.39 is 0 Å². The molecule has 0 aromatic carbocycles. The Morgan fingerprint density at radius 3 is 2.68 bits per heavy atom. The Kier molecular flexibility index (Phi) is 4.32. The van der Waals surface area contributed by atoms with Gasteiger partial charge < -0.3 is 4.74 Å². The first-order chi connectivity index (χ1) is 9.08. The molecule has 0 N–H and O–H groups in total. The Morgan fingerprint density at radius 2 is 2.00 bits per heavy atom. The molecule has 0 saturated heterocycles. The molecule has 2 heterocycles. The predicted octanol–water partition coefficient (Wildman–Crippen LogP) is 3.40. The van der Waals surface area contributed by atoms with Crippen LogP contribution in [-0.4, -0.2) is 22.1 Å². The van der Waals surface area contributed by atoms with Crippen LogP contribution in [0, 0.1) is 5.92 Å². The van der Waals surface area contributed by atoms with E-state index in [1.54, 1.807) is 19.2 Å². The van der Waals surface area contributed by atoms with Crippen LogP contribution in [0.1, 0.15) is 19.5 Å². The molecule has 0 fully saturated rings. The zero-order valence-electron chi connectivity index (χ0n) is 11.2. The Labute approximate surface area is 117 Å². The van der Waals surface area contributed by atoms with E-state index in [0.717, 1.165) is 12.1 Å². The van der Waals surface area contributed by atoms with E-state index in [9.17, 15) is 0 Å². The van der Waals surface area contributed by atoms with Crippen molar-refractivity contribution >= 4 is 11.6 Å². The number of ether oxygens (including phenoxy) is 1. The standard InChI is InChI=1S/C14H16ClN3O/c1-9(2)7-10-8-12(15)18-14(16-10)11-5-4-6-13(17-11)19-3/h4-6,8-9H,7H2,1-3H3. The Bertz CT molecular complexity index is 572. The van der Waals surface area contributed by atoms with Gasteiger partial charge in [-0.3, -0.25) is 0 Å². The monoisotopic (exact) mass is 277 g/mol. The van der Waals surface area contributed by atoms with Crippen molar-refractivity contribution in [3.63, 3.8) is 0 Å². The highest BCUT2D eigenvalue weighted by molar-refractivity contribution is 6.29. The van der Waals surface area contributed by atoms with E-state index in [1.165, 1.54) is 0 Å². The molecule has 0 aliphatic carbocycles. The maximum absolute atomic E-state index is 6.05. The summed E-state index contributed by atoms with van der Waals surface area (Å²) in [4.78, 5) is 13.0. The smallest absolute Gasteiger partial charge is 0.213 e. The summed E-state index contributed by atoms with van der Waals surface area (Å²) in [6.45, 7) is 4.28. The Hall–Kier alpha value is -1.68. The van der Waals surface area contributed by atoms with Gasteiger partial charge in [0.2, 0.25) is 5.88 Å². The van der Waals surface area contributed by atoms with Gasteiger partial charge in [-0.25, -0.2) is 15.0 Å². The maximum atomic E-state index is 6.05. The first kappa shape index (κ1) is 13.7. The molecule has 0 aliphatic heterocycles. The van der Waals surface area contributed by atoms with Gasteiger partial charge in [0.1, 0.15) is 10.8 Å². The third-order valence-corrected chi connectivity index (χ3v) is 2.72. The van der Waals surface area contributed by atoms with Crippen molar-refractivity contribution in [3.8, 4) is 17.4 Å². The maximum Gasteiger partial charge on any atom is 0.213 e. The average molecular weight is 278 g/mol. The molecule has 2 aromatic rings. The van der Waals surface area contributed by atoms with Gasteiger partial charge in [0, 0.05) is 11.8 Å². The van der Waals surface area contributed by atoms with Crippen molar-refractivity contribution in [3.05, 3.63) is 35.1 Å². The molecule has 2 aromatic heterocycles. The van der Waals surface area contributed by atoms with Gasteiger partial charge in [0.05, 0.1) is 7.11 Å². The average Bonchev–Trinajstić information content (AvgIpc) is 2.37. The van der Waals surface area contributed by atoms with Gasteiger partial charge >= 0.3 is 0 Å². The van der Waals surface area contributed by atoms with Gasteiger partial charge in [-0.15, -0.1) is 0 Å². The summed E-state index contributed by atoms with van der Waals surface area (Å²) in [5.74, 6) is 1.57. The second kappa shape index (κ2) is 5.97. The zero-order valence-corrected chi connectivity index (χ0v) is 12.0. The molecule has 0 saturated carbocycles. The second-order valence-corrected chi connectivity index (χ2v) is 5.06. The summed E-state index contributed by atoms with van der Waals surface area (Å²) in [5.41, 5.74) is 1.58. The van der Waals surface area contributed by atoms with Crippen LogP contribution in [-0.2, 0) is 6.42 Å². The topological polar surface area (TPSA) is 47.9 Å². The molecule has 0 atom stereocenters. The summed E-state index contributed by atoms with van der Waals surface area (Å²) < 4.78 is 5.10. The number of aromatic nitrogens is 3. The summed E-state index contributed by atoms with van der Waals surface area (Å²) >= 11 is 6.05. The predicted molar refractivity (Wildman–Crippen MR) is 75.4 cm³/mol. The van der Waals surface area contributed by atoms with Crippen molar-refractivity contribution < 1.29 is 4.74 Å². The van der Waals surface area contributed by atoms with Crippen LogP contribution >= 0.6 is 11.6 Å². The highest BCUT2D eigenvalue weighted by Gasteiger charge is 2.09. The lowest BCUT2D eigenvalue weighted by Gasteiger charge is -2.07. The third-order valence-electron chi connectivity index (χ3n) is 2.53. The molecular weight excluding hydrogens is 262 g/mol. The number of hydrogen-bond donors (Lipinski definition) is 0. The molecule has 4 nitrogen and oxygen atoms in total. The van der Waals surface area contributed by atoms with Crippen LogP contribution < -0.4 is 4.74 Å². The first-order valence-electron chi connectivity index (χ1n) is 6.13. The van der Waals surface area contributed by atoms with Crippen molar-refractivity contribution in [2.24, 2.45) is 5.92 Å². The molecular formula is C14H16ClN3O. The van der Waals surface area contributed by atoms with E-state index in [0.29, 0.717) is 28.5 Å². The van der Waals surface area contributed by atoms with E-state index in [2.05, 4.69) is 28.8 Å². The first-order valence-corrected chi connectivity index (χ1v) is 6.51. The SMILES string of the molecule is COc1cccc(-c2nc(Cl)cc(CC(C)C)n2)n1. The van der Waals surface area contributed by atoms with Crippen LogP contribution in [0.4, 0.5) is 0 Å². The molecule has 0 spiro atoms. The number of hydrogen-bond acceptors (Lipinski definition) is 4. The van der Waals surface area contributed by atoms with Crippen LogP contribution in [0.15, 0.2) is 24.3 Å². The van der Waals surface area contributed by atoms with Gasteiger partial charge in [0.25, 0.3) is 0 Å². The fraction of sp³-hybridized carbons (Fsp3) is 0.357. The third kappa shape index (κ3) is 3.64. The minimum absolute atomic E-state index is 0.435. The van der Waals surface area contributed by atoms with Crippen molar-refractivity contribution in [1.29, 1.82) is 0 Å².